The van der Waals surface area contributed by atoms with E-state index >= 15 is 0 Å². The molecule has 0 atom stereocenters. The van der Waals surface area contributed by atoms with Crippen LogP contribution in [0.2, 0.25) is 0 Å². The number of rotatable bonds is 1. The van der Waals surface area contributed by atoms with E-state index in [1.54, 1.807) is 5.10 Å². The molecule has 1 rings (SSSR count). The van der Waals surface area contributed by atoms with Crippen molar-refractivity contribution >= 4 is 5.97 Å². The lowest BCUT2D eigenvalue weighted by Gasteiger charge is -2.04. The van der Waals surface area contributed by atoms with Crippen LogP contribution >= 0.6 is 0 Å². The molecule has 0 aliphatic rings. The molecule has 0 saturated carbocycles. The molecule has 0 bridgehead atoms. The number of aromatic amines is 1. The number of nitrogens with zero attached hydrogens (tertiary/aromatic N) is 1. The van der Waals surface area contributed by atoms with Crippen LogP contribution in [0.4, 0.5) is 13.2 Å². The summed E-state index contributed by atoms with van der Waals surface area (Å²) < 4.78 is 40.4. The van der Waals surface area contributed by atoms with Gasteiger partial charge in [-0.15, -0.1) is 0 Å². The Morgan fingerprint density at radius 1 is 1.62 bits per heavy atom. The molecule has 72 valence electrons. The number of hydrogen-bond acceptors (Lipinski definition) is 3. The zero-order chi connectivity index (χ0) is 10.1. The Hall–Kier alpha value is -1.53. The average molecular weight is 194 g/mol. The highest BCUT2D eigenvalue weighted by Crippen LogP contribution is 2.30. The van der Waals surface area contributed by atoms with Crippen molar-refractivity contribution in [2.75, 3.05) is 7.11 Å². The van der Waals surface area contributed by atoms with Crippen molar-refractivity contribution in [1.29, 1.82) is 0 Å². The van der Waals surface area contributed by atoms with Gasteiger partial charge in [-0.1, -0.05) is 0 Å². The number of ether oxygens (including phenoxy) is 1. The lowest BCUT2D eigenvalue weighted by atomic mass is 10.2. The molecule has 0 aliphatic carbocycles. The number of carbonyl (C=O) groups is 1. The minimum atomic E-state index is -4.62. The van der Waals surface area contributed by atoms with Gasteiger partial charge in [0.15, 0.2) is 5.69 Å². The number of carbonyl (C=O) groups excluding carboxylic acids is 1. The number of esters is 1. The van der Waals surface area contributed by atoms with Gasteiger partial charge < -0.3 is 4.74 Å². The molecular weight excluding hydrogens is 189 g/mol. The normalized spacial score (nSPS) is 11.4. The van der Waals surface area contributed by atoms with Crippen LogP contribution in [0.15, 0.2) is 6.20 Å². The number of nitrogens with one attached hydrogen (secondary N) is 1. The van der Waals surface area contributed by atoms with Gasteiger partial charge in [0.05, 0.1) is 13.3 Å². The third-order valence-electron chi connectivity index (χ3n) is 1.33. The average Bonchev–Trinajstić information content (AvgIpc) is 2.49. The van der Waals surface area contributed by atoms with Gasteiger partial charge in [0.25, 0.3) is 0 Å². The number of aromatic nitrogens is 2. The summed E-state index contributed by atoms with van der Waals surface area (Å²) in [6, 6.07) is 0. The van der Waals surface area contributed by atoms with Crippen molar-refractivity contribution in [3.05, 3.63) is 17.5 Å². The quantitative estimate of drug-likeness (QED) is 0.683. The maximum atomic E-state index is 12.1. The second kappa shape index (κ2) is 3.08. The van der Waals surface area contributed by atoms with Gasteiger partial charge in [-0.2, -0.15) is 18.3 Å². The molecule has 1 N–H and O–H groups in total. The molecular formula is C6H5F3N2O2. The monoisotopic (exact) mass is 194 g/mol. The van der Waals surface area contributed by atoms with Crippen LogP contribution in [0, 0.1) is 0 Å². The molecule has 0 aromatic carbocycles. The van der Waals surface area contributed by atoms with Crippen LogP contribution in [0.1, 0.15) is 16.1 Å². The Morgan fingerprint density at radius 3 is 2.69 bits per heavy atom. The molecule has 1 heterocycles. The van der Waals surface area contributed by atoms with E-state index in [4.69, 9.17) is 0 Å². The first-order chi connectivity index (χ1) is 5.96. The number of halogens is 3. The van der Waals surface area contributed by atoms with Crippen LogP contribution < -0.4 is 0 Å². The summed E-state index contributed by atoms with van der Waals surface area (Å²) in [4.78, 5) is 10.8. The highest BCUT2D eigenvalue weighted by atomic mass is 19.4. The number of hydrogen-bond donors (Lipinski definition) is 1. The van der Waals surface area contributed by atoms with Gasteiger partial charge in [0.2, 0.25) is 0 Å². The Bertz CT molecular complexity index is 318. The van der Waals surface area contributed by atoms with Crippen LogP contribution in [-0.4, -0.2) is 23.3 Å². The second-order valence-corrected chi connectivity index (χ2v) is 2.15. The molecule has 13 heavy (non-hydrogen) atoms. The minimum Gasteiger partial charge on any atom is -0.465 e. The summed E-state index contributed by atoms with van der Waals surface area (Å²) in [6.07, 6.45) is -3.85. The molecule has 7 heteroatoms. The van der Waals surface area contributed by atoms with Crippen molar-refractivity contribution < 1.29 is 22.7 Å². The Labute approximate surface area is 70.7 Å². The summed E-state index contributed by atoms with van der Waals surface area (Å²) in [5, 5.41) is 4.80. The molecule has 0 spiro atoms. The molecule has 0 fully saturated rings. The smallest absolute Gasteiger partial charge is 0.433 e. The summed E-state index contributed by atoms with van der Waals surface area (Å²) in [5.41, 5.74) is -1.81. The van der Waals surface area contributed by atoms with Crippen molar-refractivity contribution in [2.24, 2.45) is 0 Å². The first-order valence-corrected chi connectivity index (χ1v) is 3.15. The predicted octanol–water partition coefficient (Wildman–Crippen LogP) is 1.22. The van der Waals surface area contributed by atoms with Gasteiger partial charge in [0.1, 0.15) is 5.56 Å². The van der Waals surface area contributed by atoms with Crippen LogP contribution in [0.5, 0.6) is 0 Å². The lowest BCUT2D eigenvalue weighted by molar-refractivity contribution is -0.141. The predicted molar refractivity (Wildman–Crippen MR) is 34.9 cm³/mol. The van der Waals surface area contributed by atoms with Crippen LogP contribution in [0.25, 0.3) is 0 Å². The maximum Gasteiger partial charge on any atom is 0.433 e. The van der Waals surface area contributed by atoms with Crippen molar-refractivity contribution in [2.45, 2.75) is 6.18 Å². The number of alkyl halides is 3. The molecule has 1 aromatic rings. The van der Waals surface area contributed by atoms with Gasteiger partial charge in [-0.25, -0.2) is 4.79 Å². The molecule has 0 amide bonds. The first-order valence-electron chi connectivity index (χ1n) is 3.15. The lowest BCUT2D eigenvalue weighted by Crippen LogP contribution is -2.13. The zero-order valence-corrected chi connectivity index (χ0v) is 6.47. The van der Waals surface area contributed by atoms with E-state index in [0.29, 0.717) is 0 Å². The summed E-state index contributed by atoms with van der Waals surface area (Å²) in [7, 11) is 0.996. The van der Waals surface area contributed by atoms with Gasteiger partial charge in [-0.3, -0.25) is 5.10 Å². The SMILES string of the molecule is COC(=O)c1cn[nH]c1C(F)(F)F. The van der Waals surface area contributed by atoms with E-state index in [2.05, 4.69) is 9.84 Å². The molecule has 1 aromatic heterocycles. The van der Waals surface area contributed by atoms with Crippen LogP contribution in [-0.2, 0) is 10.9 Å². The Kier molecular flexibility index (Phi) is 2.26. The maximum absolute atomic E-state index is 12.1. The zero-order valence-electron chi connectivity index (χ0n) is 6.47. The highest BCUT2D eigenvalue weighted by Gasteiger charge is 2.37. The summed E-state index contributed by atoms with van der Waals surface area (Å²) in [6.45, 7) is 0. The van der Waals surface area contributed by atoms with E-state index in [9.17, 15) is 18.0 Å². The van der Waals surface area contributed by atoms with Crippen molar-refractivity contribution in [3.63, 3.8) is 0 Å². The highest BCUT2D eigenvalue weighted by molar-refractivity contribution is 5.90. The topological polar surface area (TPSA) is 55.0 Å². The molecule has 0 saturated heterocycles. The van der Waals surface area contributed by atoms with Crippen LogP contribution in [0.3, 0.4) is 0 Å². The molecule has 4 nitrogen and oxygen atoms in total. The molecule has 0 radical (unpaired) electrons. The molecule has 0 aliphatic heterocycles. The Morgan fingerprint density at radius 2 is 2.23 bits per heavy atom. The number of methoxy groups -OCH3 is 1. The Balaban J connectivity index is 3.10. The largest absolute Gasteiger partial charge is 0.465 e. The third-order valence-corrected chi connectivity index (χ3v) is 1.33. The first kappa shape index (κ1) is 9.56. The fraction of sp³-hybridized carbons (Fsp3) is 0.333. The fourth-order valence-electron chi connectivity index (χ4n) is 0.767. The van der Waals surface area contributed by atoms with Crippen molar-refractivity contribution in [3.8, 4) is 0 Å². The minimum absolute atomic E-state index is 0.616. The van der Waals surface area contributed by atoms with Crippen molar-refractivity contribution in [1.82, 2.24) is 10.2 Å². The summed E-state index contributed by atoms with van der Waals surface area (Å²) >= 11 is 0. The van der Waals surface area contributed by atoms with E-state index in [-0.39, 0.29) is 0 Å². The van der Waals surface area contributed by atoms with E-state index < -0.39 is 23.4 Å². The van der Waals surface area contributed by atoms with Gasteiger partial charge in [0, 0.05) is 0 Å². The van der Waals surface area contributed by atoms with Gasteiger partial charge >= 0.3 is 12.1 Å². The van der Waals surface area contributed by atoms with Gasteiger partial charge in [-0.05, 0) is 0 Å². The molecule has 0 unspecified atom stereocenters. The standard InChI is InChI=1S/C6H5F3N2O2/c1-13-5(12)3-2-10-11-4(3)6(7,8)9/h2H,1H3,(H,10,11). The van der Waals surface area contributed by atoms with E-state index in [1.807, 2.05) is 0 Å². The number of H-pyrrole nitrogens is 1. The second-order valence-electron chi connectivity index (χ2n) is 2.15. The fourth-order valence-corrected chi connectivity index (χ4v) is 0.767. The van der Waals surface area contributed by atoms with E-state index in [1.165, 1.54) is 0 Å². The third kappa shape index (κ3) is 1.79. The summed E-state index contributed by atoms with van der Waals surface area (Å²) in [5.74, 6) is -1.07. The van der Waals surface area contributed by atoms with E-state index in [0.717, 1.165) is 13.3 Å².